The highest BCUT2D eigenvalue weighted by molar-refractivity contribution is 6.10. The Hall–Kier alpha value is -4.05. The van der Waals surface area contributed by atoms with Gasteiger partial charge in [-0.25, -0.2) is 0 Å². The number of nitrogens with one attached hydrogen (secondary N) is 1. The number of aromatic nitrogens is 2. The van der Waals surface area contributed by atoms with Crippen LogP contribution in [0.4, 0.5) is 5.69 Å². The highest BCUT2D eigenvalue weighted by Crippen LogP contribution is 2.40. The van der Waals surface area contributed by atoms with Gasteiger partial charge in [0.05, 0.1) is 5.69 Å². The number of anilines is 1. The smallest absolute Gasteiger partial charge is 0.273 e. The molecule has 4 heteroatoms. The van der Waals surface area contributed by atoms with Gasteiger partial charge in [0, 0.05) is 29.6 Å². The lowest BCUT2D eigenvalue weighted by molar-refractivity contribution is 0.102. The zero-order chi connectivity index (χ0) is 25.6. The van der Waals surface area contributed by atoms with Crippen LogP contribution in [-0.4, -0.2) is 14.9 Å². The summed E-state index contributed by atoms with van der Waals surface area (Å²) in [6.45, 7) is 3.08. The number of amides is 1. The molecule has 2 aromatic heterocycles. The van der Waals surface area contributed by atoms with Crippen LogP contribution in [0.2, 0.25) is 0 Å². The van der Waals surface area contributed by atoms with E-state index in [1.54, 1.807) is 0 Å². The zero-order valence-electron chi connectivity index (χ0n) is 22.0. The fourth-order valence-electron chi connectivity index (χ4n) is 6.48. The summed E-state index contributed by atoms with van der Waals surface area (Å²) >= 11 is 0. The number of carbonyl (C=O) groups is 1. The van der Waals surface area contributed by atoms with Crippen LogP contribution < -0.4 is 5.32 Å². The Balaban J connectivity index is 1.47. The van der Waals surface area contributed by atoms with Gasteiger partial charge >= 0.3 is 0 Å². The summed E-state index contributed by atoms with van der Waals surface area (Å²) in [6.07, 6.45) is 10.2. The Kier molecular flexibility index (Phi) is 5.69. The molecule has 0 fully saturated rings. The summed E-state index contributed by atoms with van der Waals surface area (Å²) in [7, 11) is 0. The van der Waals surface area contributed by atoms with Crippen LogP contribution in [0, 0.1) is 6.92 Å². The molecule has 7 rings (SSSR count). The minimum atomic E-state index is -0.0571. The van der Waals surface area contributed by atoms with E-state index < -0.39 is 0 Å². The van der Waals surface area contributed by atoms with E-state index in [-0.39, 0.29) is 5.91 Å². The minimum Gasteiger partial charge on any atom is -0.325 e. The highest BCUT2D eigenvalue weighted by Gasteiger charge is 2.30. The Labute approximate surface area is 223 Å². The lowest BCUT2D eigenvalue weighted by Crippen LogP contribution is -2.15. The van der Waals surface area contributed by atoms with Crippen molar-refractivity contribution in [2.45, 2.75) is 58.4 Å². The Morgan fingerprint density at radius 3 is 2.34 bits per heavy atom. The van der Waals surface area contributed by atoms with Crippen molar-refractivity contribution < 1.29 is 4.79 Å². The van der Waals surface area contributed by atoms with Crippen LogP contribution in [0.5, 0.6) is 0 Å². The van der Waals surface area contributed by atoms with E-state index in [9.17, 15) is 4.79 Å². The monoisotopic (exact) mass is 499 g/mol. The first-order chi connectivity index (χ1) is 18.7. The van der Waals surface area contributed by atoms with Gasteiger partial charge in [-0.15, -0.1) is 0 Å². The van der Waals surface area contributed by atoms with Gasteiger partial charge in [-0.05, 0) is 86.3 Å². The second-order valence-electron chi connectivity index (χ2n) is 10.9. The summed E-state index contributed by atoms with van der Waals surface area (Å²) in [5.74, 6) is -0.0571. The second kappa shape index (κ2) is 9.36. The summed E-state index contributed by atoms with van der Waals surface area (Å²) in [5.41, 5.74) is 12.8. The van der Waals surface area contributed by atoms with E-state index in [0.717, 1.165) is 55.6 Å². The van der Waals surface area contributed by atoms with Gasteiger partial charge in [0.15, 0.2) is 0 Å². The van der Waals surface area contributed by atoms with Crippen LogP contribution in [0.1, 0.15) is 58.4 Å². The largest absolute Gasteiger partial charge is 0.325 e. The third-order valence-corrected chi connectivity index (χ3v) is 8.37. The molecule has 1 aliphatic carbocycles. The topological polar surface area (TPSA) is 38.4 Å². The van der Waals surface area contributed by atoms with Crippen LogP contribution in [-0.2, 0) is 25.8 Å². The van der Waals surface area contributed by atoms with E-state index in [4.69, 9.17) is 0 Å². The third-order valence-electron chi connectivity index (χ3n) is 8.37. The van der Waals surface area contributed by atoms with Crippen molar-refractivity contribution in [3.63, 3.8) is 0 Å². The van der Waals surface area contributed by atoms with Gasteiger partial charge in [0.2, 0.25) is 0 Å². The van der Waals surface area contributed by atoms with Crippen molar-refractivity contribution in [2.24, 2.45) is 0 Å². The number of carbonyl (C=O) groups excluding carboxylic acids is 1. The molecule has 0 bridgehead atoms. The molecule has 190 valence electrons. The van der Waals surface area contributed by atoms with Gasteiger partial charge in [-0.2, -0.15) is 0 Å². The predicted octanol–water partition coefficient (Wildman–Crippen LogP) is 7.85. The van der Waals surface area contributed by atoms with Crippen molar-refractivity contribution in [1.29, 1.82) is 0 Å². The van der Waals surface area contributed by atoms with Gasteiger partial charge in [0.1, 0.15) is 11.3 Å². The van der Waals surface area contributed by atoms with Crippen molar-refractivity contribution in [1.82, 2.24) is 8.97 Å². The third kappa shape index (κ3) is 3.87. The zero-order valence-corrected chi connectivity index (χ0v) is 22.0. The number of rotatable bonds is 4. The average molecular weight is 500 g/mol. The molecule has 1 amide bonds. The van der Waals surface area contributed by atoms with E-state index in [2.05, 4.69) is 69.9 Å². The number of nitrogens with zero attached hydrogens (tertiary/aromatic N) is 2. The van der Waals surface area contributed by atoms with Crippen LogP contribution >= 0.6 is 0 Å². The van der Waals surface area contributed by atoms with E-state index in [1.165, 1.54) is 57.6 Å². The van der Waals surface area contributed by atoms with Gasteiger partial charge in [0.25, 0.3) is 5.91 Å². The Morgan fingerprint density at radius 1 is 0.789 bits per heavy atom. The molecule has 5 aromatic rings. The van der Waals surface area contributed by atoms with Crippen molar-refractivity contribution >= 4 is 17.2 Å². The number of aryl methyl sites for hydroxylation is 5. The van der Waals surface area contributed by atoms with Crippen molar-refractivity contribution in [3.05, 3.63) is 107 Å². The highest BCUT2D eigenvalue weighted by atomic mass is 16.1. The molecule has 1 N–H and O–H groups in total. The summed E-state index contributed by atoms with van der Waals surface area (Å²) < 4.78 is 4.64. The standard InChI is InChI=1S/C34H33N3O/c1-23-14-16-25(17-15-23)30-22-37-32(33(38)35-28-11-3-2-4-12-28)31(29-13-7-8-20-36(30)34(29)37)27-19-18-24-9-5-6-10-26(24)21-27/h2-4,11-12,14-19,21-22H,5-10,13,20H2,1H3,(H,35,38). The molecule has 2 aliphatic rings. The first kappa shape index (κ1) is 23.1. The average Bonchev–Trinajstić information content (AvgIpc) is 3.36. The van der Waals surface area contributed by atoms with Crippen molar-refractivity contribution in [2.75, 3.05) is 5.32 Å². The second-order valence-corrected chi connectivity index (χ2v) is 10.9. The molecule has 0 saturated heterocycles. The molecule has 0 atom stereocenters. The fourth-order valence-corrected chi connectivity index (χ4v) is 6.48. The SMILES string of the molecule is Cc1ccc(-c2cn3c(C(=O)Nc4ccccc4)c(-c4ccc5c(c4)CCCC5)c4c3n2CCCC4)cc1. The molecule has 0 saturated carbocycles. The van der Waals surface area contributed by atoms with Gasteiger partial charge in [-0.3, -0.25) is 9.20 Å². The summed E-state index contributed by atoms with van der Waals surface area (Å²) in [4.78, 5) is 14.1. The molecule has 3 aromatic carbocycles. The normalized spacial score (nSPS) is 14.8. The molecule has 1 aliphatic heterocycles. The molecule has 0 spiro atoms. The van der Waals surface area contributed by atoms with E-state index in [0.29, 0.717) is 0 Å². The van der Waals surface area contributed by atoms with Crippen LogP contribution in [0.3, 0.4) is 0 Å². The lowest BCUT2D eigenvalue weighted by atomic mass is 9.88. The number of fused-ring (bicyclic) bond motifs is 1. The summed E-state index contributed by atoms with van der Waals surface area (Å²) in [6, 6.07) is 25.5. The molecular formula is C34H33N3O. The quantitative estimate of drug-likeness (QED) is 0.269. The number of benzene rings is 3. The maximum atomic E-state index is 14.1. The predicted molar refractivity (Wildman–Crippen MR) is 155 cm³/mol. The first-order valence-electron chi connectivity index (χ1n) is 14.0. The molecule has 4 nitrogen and oxygen atoms in total. The lowest BCUT2D eigenvalue weighted by Gasteiger charge is -2.17. The molecule has 38 heavy (non-hydrogen) atoms. The maximum absolute atomic E-state index is 14.1. The van der Waals surface area contributed by atoms with Gasteiger partial charge < -0.3 is 9.88 Å². The Bertz CT molecular complexity index is 1650. The van der Waals surface area contributed by atoms with Crippen LogP contribution in [0.25, 0.3) is 28.0 Å². The number of para-hydroxylation sites is 1. The maximum Gasteiger partial charge on any atom is 0.273 e. The Morgan fingerprint density at radius 2 is 1.53 bits per heavy atom. The molecular weight excluding hydrogens is 466 g/mol. The summed E-state index contributed by atoms with van der Waals surface area (Å²) in [5, 5.41) is 3.20. The number of imidazole rings is 1. The van der Waals surface area contributed by atoms with E-state index >= 15 is 0 Å². The first-order valence-corrected chi connectivity index (χ1v) is 14.0. The minimum absolute atomic E-state index is 0.0571. The molecule has 3 heterocycles. The molecule has 0 radical (unpaired) electrons. The van der Waals surface area contributed by atoms with E-state index in [1.807, 2.05) is 30.3 Å². The van der Waals surface area contributed by atoms with Crippen molar-refractivity contribution in [3.8, 4) is 22.4 Å². The van der Waals surface area contributed by atoms with Gasteiger partial charge in [-0.1, -0.05) is 66.2 Å². The number of hydrogen-bond donors (Lipinski definition) is 1. The van der Waals surface area contributed by atoms with Crippen LogP contribution in [0.15, 0.2) is 79.0 Å². The fraction of sp³-hybridized carbons (Fsp3) is 0.265. The molecule has 0 unspecified atom stereocenters. The number of hydrogen-bond acceptors (Lipinski definition) is 1.